The number of aliphatic hydroxyl groups excluding tert-OH is 1. The van der Waals surface area contributed by atoms with Crippen LogP contribution in [0.5, 0.6) is 5.75 Å². The number of carboxylic acids is 2. The molecule has 1 aliphatic rings. The molecule has 38 heavy (non-hydrogen) atoms. The summed E-state index contributed by atoms with van der Waals surface area (Å²) in [4.78, 5) is 19.9. The number of fused-ring (bicyclic) bond motifs is 1. The molecule has 0 saturated heterocycles. The Balaban J connectivity index is 0.000000505. The highest BCUT2D eigenvalue weighted by Crippen LogP contribution is 2.32. The first-order chi connectivity index (χ1) is 17.9. The lowest BCUT2D eigenvalue weighted by molar-refractivity contribution is -0.192. The SMILES string of the molecule is O=C(O)C(F)(F)F.O=C(O)c1ccc(-c2ccc3c(c2)CC[C@H](CNC[C@H](O)c2cccc(Cl)c2)O3)cc1. The lowest BCUT2D eigenvalue weighted by Crippen LogP contribution is -2.36. The molecule has 11 heteroatoms. The Hall–Kier alpha value is -3.60. The molecule has 0 unspecified atom stereocenters. The normalized spacial score (nSPS) is 15.3. The van der Waals surface area contributed by atoms with E-state index >= 15 is 0 Å². The van der Waals surface area contributed by atoms with Gasteiger partial charge < -0.3 is 25.4 Å². The van der Waals surface area contributed by atoms with Gasteiger partial charge in [-0.3, -0.25) is 0 Å². The number of alkyl halides is 3. The molecule has 1 heterocycles. The van der Waals surface area contributed by atoms with Crippen molar-refractivity contribution >= 4 is 23.5 Å². The quantitative estimate of drug-likeness (QED) is 0.312. The number of hydrogen-bond acceptors (Lipinski definition) is 5. The third-order valence-electron chi connectivity index (χ3n) is 5.74. The Morgan fingerprint density at radius 1 is 1.03 bits per heavy atom. The fraction of sp³-hybridized carbons (Fsp3) is 0.259. The van der Waals surface area contributed by atoms with E-state index in [0.717, 1.165) is 40.8 Å². The van der Waals surface area contributed by atoms with Gasteiger partial charge in [0, 0.05) is 18.1 Å². The number of aliphatic hydroxyl groups is 1. The van der Waals surface area contributed by atoms with Gasteiger partial charge in [0.15, 0.2) is 0 Å². The number of benzene rings is 3. The fourth-order valence-electron chi connectivity index (χ4n) is 3.79. The number of nitrogens with one attached hydrogen (secondary N) is 1. The van der Waals surface area contributed by atoms with Gasteiger partial charge in [0.05, 0.1) is 11.7 Å². The molecule has 0 spiro atoms. The fourth-order valence-corrected chi connectivity index (χ4v) is 3.98. The number of halogens is 4. The Labute approximate surface area is 221 Å². The van der Waals surface area contributed by atoms with Crippen LogP contribution >= 0.6 is 11.6 Å². The Bertz CT molecular complexity index is 1270. The van der Waals surface area contributed by atoms with E-state index in [4.69, 9.17) is 31.3 Å². The highest BCUT2D eigenvalue weighted by atomic mass is 35.5. The number of hydrogen-bond donors (Lipinski definition) is 4. The summed E-state index contributed by atoms with van der Waals surface area (Å²) in [6.45, 7) is 1.08. The number of aromatic carboxylic acids is 1. The zero-order valence-electron chi connectivity index (χ0n) is 19.9. The van der Waals surface area contributed by atoms with Crippen molar-refractivity contribution in [2.75, 3.05) is 13.1 Å². The standard InChI is InChI=1S/C25H24ClNO4.C2HF3O2/c26-21-3-1-2-19(13-21)23(28)15-27-14-22-10-8-20-12-18(9-11-24(20)31-22)16-4-6-17(7-5-16)25(29)30;3-2(4,5)1(6)7/h1-7,9,11-13,22-23,27-28H,8,10,14-15H2,(H,29,30);(H,6,7)/t22-,23+;/m1./s1. The Morgan fingerprint density at radius 2 is 1.68 bits per heavy atom. The number of aryl methyl sites for hydroxylation is 1. The molecule has 0 aliphatic carbocycles. The summed E-state index contributed by atoms with van der Waals surface area (Å²) in [7, 11) is 0. The molecule has 1 aliphatic heterocycles. The maximum absolute atomic E-state index is 11.0. The number of rotatable bonds is 7. The van der Waals surface area contributed by atoms with E-state index in [1.807, 2.05) is 36.4 Å². The van der Waals surface area contributed by atoms with Gasteiger partial charge >= 0.3 is 18.1 Å². The van der Waals surface area contributed by atoms with Gasteiger partial charge in [-0.25, -0.2) is 9.59 Å². The second-order valence-corrected chi connectivity index (χ2v) is 8.95. The molecule has 4 N–H and O–H groups in total. The molecular weight excluding hydrogens is 527 g/mol. The van der Waals surface area contributed by atoms with Crippen molar-refractivity contribution in [3.05, 3.63) is 88.4 Å². The van der Waals surface area contributed by atoms with E-state index in [1.165, 1.54) is 0 Å². The molecular formula is C27H25ClF3NO6. The van der Waals surface area contributed by atoms with Gasteiger partial charge in [-0.1, -0.05) is 41.9 Å². The van der Waals surface area contributed by atoms with Crippen LogP contribution in [0.15, 0.2) is 66.7 Å². The number of carbonyl (C=O) groups is 2. The minimum absolute atomic E-state index is 0.0414. The second kappa shape index (κ2) is 12.8. The Morgan fingerprint density at radius 3 is 2.29 bits per heavy atom. The van der Waals surface area contributed by atoms with Crippen LogP contribution in [0.25, 0.3) is 11.1 Å². The highest BCUT2D eigenvalue weighted by molar-refractivity contribution is 6.30. The minimum atomic E-state index is -5.08. The molecule has 7 nitrogen and oxygen atoms in total. The molecule has 0 saturated carbocycles. The van der Waals surface area contributed by atoms with Gasteiger partial charge in [-0.15, -0.1) is 0 Å². The van der Waals surface area contributed by atoms with E-state index in [9.17, 15) is 23.1 Å². The van der Waals surface area contributed by atoms with Crippen LogP contribution < -0.4 is 10.1 Å². The number of carboxylic acid groups (broad SMARTS) is 2. The predicted octanol–water partition coefficient (Wildman–Crippen LogP) is 5.36. The van der Waals surface area contributed by atoms with Crippen LogP contribution in [0.1, 0.15) is 34.0 Å². The van der Waals surface area contributed by atoms with Crippen molar-refractivity contribution in [2.24, 2.45) is 0 Å². The summed E-state index contributed by atoms with van der Waals surface area (Å²) >= 11 is 5.99. The predicted molar refractivity (Wildman–Crippen MR) is 135 cm³/mol. The lowest BCUT2D eigenvalue weighted by atomic mass is 9.96. The Kier molecular flexibility index (Phi) is 9.73. The minimum Gasteiger partial charge on any atom is -0.489 e. The van der Waals surface area contributed by atoms with E-state index < -0.39 is 24.2 Å². The van der Waals surface area contributed by atoms with Crippen LogP contribution in [0.4, 0.5) is 13.2 Å². The summed E-state index contributed by atoms with van der Waals surface area (Å²) in [5.74, 6) is -2.81. The topological polar surface area (TPSA) is 116 Å². The molecule has 0 aromatic heterocycles. The van der Waals surface area contributed by atoms with Crippen molar-refractivity contribution in [3.63, 3.8) is 0 Å². The lowest BCUT2D eigenvalue weighted by Gasteiger charge is -2.27. The number of aliphatic carboxylic acids is 1. The maximum atomic E-state index is 11.0. The van der Waals surface area contributed by atoms with Crippen LogP contribution in [-0.2, 0) is 11.2 Å². The van der Waals surface area contributed by atoms with Crippen LogP contribution in [-0.4, -0.2) is 52.6 Å². The molecule has 3 aromatic rings. The molecule has 3 aromatic carbocycles. The van der Waals surface area contributed by atoms with Gasteiger partial charge in [0.25, 0.3) is 0 Å². The summed E-state index contributed by atoms with van der Waals surface area (Å²) in [5, 5.41) is 30.4. The molecule has 4 rings (SSSR count). The van der Waals surface area contributed by atoms with E-state index in [1.54, 1.807) is 24.3 Å². The zero-order valence-corrected chi connectivity index (χ0v) is 20.7. The van der Waals surface area contributed by atoms with Gasteiger partial charge in [-0.2, -0.15) is 13.2 Å². The third-order valence-corrected chi connectivity index (χ3v) is 5.98. The van der Waals surface area contributed by atoms with Gasteiger partial charge in [-0.05, 0) is 71.5 Å². The van der Waals surface area contributed by atoms with Crippen LogP contribution in [0.2, 0.25) is 5.02 Å². The molecule has 2 atom stereocenters. The van der Waals surface area contributed by atoms with E-state index in [2.05, 4.69) is 11.4 Å². The first-order valence-corrected chi connectivity index (χ1v) is 11.9. The average molecular weight is 552 g/mol. The first-order valence-electron chi connectivity index (χ1n) is 11.5. The van der Waals surface area contributed by atoms with Crippen molar-refractivity contribution in [1.29, 1.82) is 0 Å². The van der Waals surface area contributed by atoms with Gasteiger partial charge in [0.2, 0.25) is 0 Å². The van der Waals surface area contributed by atoms with E-state index in [-0.39, 0.29) is 11.7 Å². The van der Waals surface area contributed by atoms with Gasteiger partial charge in [0.1, 0.15) is 11.9 Å². The highest BCUT2D eigenvalue weighted by Gasteiger charge is 2.38. The molecule has 0 bridgehead atoms. The monoisotopic (exact) mass is 551 g/mol. The first kappa shape index (κ1) is 29.0. The summed E-state index contributed by atoms with van der Waals surface area (Å²) in [6, 6.07) is 20.2. The molecule has 202 valence electrons. The van der Waals surface area contributed by atoms with Crippen LogP contribution in [0.3, 0.4) is 0 Å². The van der Waals surface area contributed by atoms with Crippen molar-refractivity contribution < 1.29 is 42.8 Å². The zero-order chi connectivity index (χ0) is 27.9. The molecule has 0 amide bonds. The summed E-state index contributed by atoms with van der Waals surface area (Å²) in [6.07, 6.45) is -3.88. The summed E-state index contributed by atoms with van der Waals surface area (Å²) in [5.41, 5.74) is 4.24. The average Bonchev–Trinajstić information content (AvgIpc) is 2.88. The van der Waals surface area contributed by atoms with Crippen LogP contribution in [0, 0.1) is 0 Å². The van der Waals surface area contributed by atoms with E-state index in [0.29, 0.717) is 18.1 Å². The van der Waals surface area contributed by atoms with Crippen molar-refractivity contribution in [1.82, 2.24) is 5.32 Å². The number of ether oxygens (including phenoxy) is 1. The second-order valence-electron chi connectivity index (χ2n) is 8.52. The summed E-state index contributed by atoms with van der Waals surface area (Å²) < 4.78 is 37.9. The van der Waals surface area contributed by atoms with Crippen molar-refractivity contribution in [2.45, 2.75) is 31.2 Å². The van der Waals surface area contributed by atoms with Crippen molar-refractivity contribution in [3.8, 4) is 16.9 Å². The third kappa shape index (κ3) is 8.20. The smallest absolute Gasteiger partial charge is 0.489 e. The maximum Gasteiger partial charge on any atom is 0.490 e. The molecule has 0 fully saturated rings. The molecule has 0 radical (unpaired) electrons. The largest absolute Gasteiger partial charge is 0.490 e.